The Bertz CT molecular complexity index is 629. The van der Waals surface area contributed by atoms with E-state index in [1.807, 2.05) is 0 Å². The predicted octanol–water partition coefficient (Wildman–Crippen LogP) is 9.43. The predicted molar refractivity (Wildman–Crippen MR) is 138 cm³/mol. The number of aryl methyl sites for hydroxylation is 1. The number of carbonyl (C=O) groups excluding carboxylic acids is 1. The van der Waals surface area contributed by atoms with Crippen LogP contribution in [0, 0.1) is 17.3 Å². The van der Waals surface area contributed by atoms with Gasteiger partial charge in [-0.2, -0.15) is 0 Å². The number of hydrogen-bond acceptors (Lipinski definition) is 1. The van der Waals surface area contributed by atoms with Gasteiger partial charge in [0.2, 0.25) is 0 Å². The second-order valence-electron chi connectivity index (χ2n) is 11.4. The molecule has 1 nitrogen and oxygen atoms in total. The molecule has 0 spiro atoms. The van der Waals surface area contributed by atoms with Crippen LogP contribution in [0.1, 0.15) is 140 Å². The van der Waals surface area contributed by atoms with E-state index in [2.05, 4.69) is 38.1 Å². The third-order valence-electron chi connectivity index (χ3n) is 8.97. The lowest BCUT2D eigenvalue weighted by Crippen LogP contribution is -2.28. The van der Waals surface area contributed by atoms with Crippen molar-refractivity contribution in [3.8, 4) is 0 Å². The first-order valence-electron chi connectivity index (χ1n) is 14.2. The Morgan fingerprint density at radius 2 is 1.41 bits per heavy atom. The molecule has 0 aromatic heterocycles. The molecular formula is C31H50O. The number of benzene rings is 1. The number of aldehydes is 1. The summed E-state index contributed by atoms with van der Waals surface area (Å²) in [4.78, 5) is 11.9. The monoisotopic (exact) mass is 438 g/mol. The number of carbonyl (C=O) groups is 1. The Morgan fingerprint density at radius 1 is 0.781 bits per heavy atom. The average Bonchev–Trinajstić information content (AvgIpc) is 2.84. The van der Waals surface area contributed by atoms with E-state index >= 15 is 0 Å². The van der Waals surface area contributed by atoms with E-state index < -0.39 is 0 Å². The molecule has 0 radical (unpaired) electrons. The Morgan fingerprint density at radius 3 is 2.00 bits per heavy atom. The van der Waals surface area contributed by atoms with Crippen LogP contribution in [0.25, 0.3) is 0 Å². The Kier molecular flexibility index (Phi) is 10.8. The lowest BCUT2D eigenvalue weighted by molar-refractivity contribution is -0.118. The number of rotatable bonds is 13. The standard InChI is InChI=1S/C31H50O/c1-3-5-6-7-8-22-31(25-32)23-20-30(21-24-31)29-18-16-28(17-19-29)15-14-27-12-10-26(9-4-2)11-13-27/h16-19,25-27,30H,3-15,20-24H2,1-2H3/t26-,27-,30?,31?. The van der Waals surface area contributed by atoms with Crippen LogP contribution in [0.15, 0.2) is 24.3 Å². The van der Waals surface area contributed by atoms with E-state index in [1.54, 1.807) is 0 Å². The highest BCUT2D eigenvalue weighted by Gasteiger charge is 2.35. The van der Waals surface area contributed by atoms with Crippen molar-refractivity contribution >= 4 is 6.29 Å². The minimum atomic E-state index is -0.0151. The van der Waals surface area contributed by atoms with E-state index in [-0.39, 0.29) is 5.41 Å². The van der Waals surface area contributed by atoms with Crippen molar-refractivity contribution in [2.24, 2.45) is 17.3 Å². The van der Waals surface area contributed by atoms with Crippen molar-refractivity contribution in [2.75, 3.05) is 0 Å². The SMILES string of the molecule is CCCCCCCC1(C=O)CCC(c2ccc(CC[C@H]3CC[C@H](CCC)CC3)cc2)CC1. The zero-order valence-electron chi connectivity index (χ0n) is 21.3. The highest BCUT2D eigenvalue weighted by atomic mass is 16.1. The summed E-state index contributed by atoms with van der Waals surface area (Å²) < 4.78 is 0. The van der Waals surface area contributed by atoms with Crippen molar-refractivity contribution in [1.29, 1.82) is 0 Å². The molecule has 1 aromatic rings. The third-order valence-corrected chi connectivity index (χ3v) is 8.97. The van der Waals surface area contributed by atoms with Crippen LogP contribution in [-0.4, -0.2) is 6.29 Å². The lowest BCUT2D eigenvalue weighted by atomic mass is 9.67. The highest BCUT2D eigenvalue weighted by Crippen LogP contribution is 2.45. The third kappa shape index (κ3) is 7.74. The minimum Gasteiger partial charge on any atom is -0.303 e. The molecule has 0 N–H and O–H groups in total. The van der Waals surface area contributed by atoms with Crippen molar-refractivity contribution in [1.82, 2.24) is 0 Å². The largest absolute Gasteiger partial charge is 0.303 e. The van der Waals surface area contributed by atoms with E-state index in [1.165, 1.54) is 114 Å². The summed E-state index contributed by atoms with van der Waals surface area (Å²) in [6, 6.07) is 9.59. The summed E-state index contributed by atoms with van der Waals surface area (Å²) in [5, 5.41) is 0. The van der Waals surface area contributed by atoms with Crippen molar-refractivity contribution in [2.45, 2.75) is 135 Å². The smallest absolute Gasteiger partial charge is 0.126 e. The van der Waals surface area contributed by atoms with Gasteiger partial charge in [0, 0.05) is 5.41 Å². The molecule has 0 atom stereocenters. The molecule has 0 saturated heterocycles. The van der Waals surface area contributed by atoms with Gasteiger partial charge in [0.25, 0.3) is 0 Å². The van der Waals surface area contributed by atoms with Gasteiger partial charge in [-0.1, -0.05) is 109 Å². The molecule has 0 unspecified atom stereocenters. The molecule has 2 fully saturated rings. The molecule has 2 aliphatic carbocycles. The van der Waals surface area contributed by atoms with Gasteiger partial charge >= 0.3 is 0 Å². The van der Waals surface area contributed by atoms with Crippen LogP contribution in [0.4, 0.5) is 0 Å². The van der Waals surface area contributed by atoms with E-state index in [9.17, 15) is 4.79 Å². The van der Waals surface area contributed by atoms with Crippen LogP contribution in [0.3, 0.4) is 0 Å². The van der Waals surface area contributed by atoms with Crippen LogP contribution in [0.5, 0.6) is 0 Å². The first-order valence-corrected chi connectivity index (χ1v) is 14.2. The fourth-order valence-corrected chi connectivity index (χ4v) is 6.58. The molecule has 2 saturated carbocycles. The number of unbranched alkanes of at least 4 members (excludes halogenated alkanes) is 4. The first kappa shape index (κ1) is 25.5. The molecule has 1 heteroatoms. The quantitative estimate of drug-likeness (QED) is 0.221. The van der Waals surface area contributed by atoms with Crippen LogP contribution in [-0.2, 0) is 11.2 Å². The van der Waals surface area contributed by atoms with Gasteiger partial charge in [-0.3, -0.25) is 0 Å². The first-order chi connectivity index (χ1) is 15.7. The van der Waals surface area contributed by atoms with E-state index in [0.29, 0.717) is 5.92 Å². The normalized spacial score (nSPS) is 28.5. The van der Waals surface area contributed by atoms with Gasteiger partial charge in [-0.25, -0.2) is 0 Å². The van der Waals surface area contributed by atoms with E-state index in [4.69, 9.17) is 0 Å². The molecule has 180 valence electrons. The Balaban J connectivity index is 1.39. The summed E-state index contributed by atoms with van der Waals surface area (Å²) in [6.07, 6.45) is 24.8. The molecule has 0 aliphatic heterocycles. The van der Waals surface area contributed by atoms with Gasteiger partial charge in [0.1, 0.15) is 6.29 Å². The van der Waals surface area contributed by atoms with Crippen molar-refractivity contribution in [3.05, 3.63) is 35.4 Å². The molecule has 0 heterocycles. The highest BCUT2D eigenvalue weighted by molar-refractivity contribution is 5.59. The van der Waals surface area contributed by atoms with Gasteiger partial charge in [-0.05, 0) is 73.8 Å². The zero-order chi connectivity index (χ0) is 22.7. The molecule has 0 bridgehead atoms. The summed E-state index contributed by atoms with van der Waals surface area (Å²) in [5.74, 6) is 2.63. The molecular weight excluding hydrogens is 388 g/mol. The lowest BCUT2D eigenvalue weighted by Gasteiger charge is -2.36. The topological polar surface area (TPSA) is 17.1 Å². The zero-order valence-corrected chi connectivity index (χ0v) is 21.3. The number of hydrogen-bond donors (Lipinski definition) is 0. The van der Waals surface area contributed by atoms with Gasteiger partial charge < -0.3 is 4.79 Å². The molecule has 2 aliphatic rings. The molecule has 1 aromatic carbocycles. The summed E-state index contributed by atoms with van der Waals surface area (Å²) in [5.41, 5.74) is 3.02. The van der Waals surface area contributed by atoms with E-state index in [0.717, 1.165) is 31.1 Å². The fourth-order valence-electron chi connectivity index (χ4n) is 6.58. The Hall–Kier alpha value is -1.11. The van der Waals surface area contributed by atoms with Gasteiger partial charge in [0.05, 0.1) is 0 Å². The fraction of sp³-hybridized carbons (Fsp3) is 0.774. The summed E-state index contributed by atoms with van der Waals surface area (Å²) in [6.45, 7) is 4.59. The maximum atomic E-state index is 11.9. The van der Waals surface area contributed by atoms with Crippen molar-refractivity contribution < 1.29 is 4.79 Å². The van der Waals surface area contributed by atoms with Gasteiger partial charge in [-0.15, -0.1) is 0 Å². The van der Waals surface area contributed by atoms with Crippen LogP contribution >= 0.6 is 0 Å². The second-order valence-corrected chi connectivity index (χ2v) is 11.4. The average molecular weight is 439 g/mol. The van der Waals surface area contributed by atoms with Crippen molar-refractivity contribution in [3.63, 3.8) is 0 Å². The molecule has 3 rings (SSSR count). The summed E-state index contributed by atoms with van der Waals surface area (Å²) in [7, 11) is 0. The van der Waals surface area contributed by atoms with Gasteiger partial charge in [0.15, 0.2) is 0 Å². The Labute approximate surface area is 199 Å². The second kappa shape index (κ2) is 13.6. The molecule has 0 amide bonds. The minimum absolute atomic E-state index is 0.0151. The maximum Gasteiger partial charge on any atom is 0.126 e. The molecule has 32 heavy (non-hydrogen) atoms. The van der Waals surface area contributed by atoms with Crippen LogP contribution in [0.2, 0.25) is 0 Å². The summed E-state index contributed by atoms with van der Waals surface area (Å²) >= 11 is 0. The van der Waals surface area contributed by atoms with Crippen LogP contribution < -0.4 is 0 Å². The maximum absolute atomic E-state index is 11.9.